The average Bonchev–Trinajstić information content (AvgIpc) is 2.77. The number of anilines is 2. The van der Waals surface area contributed by atoms with Crippen molar-refractivity contribution in [3.8, 4) is 0 Å². The third kappa shape index (κ3) is 6.35. The van der Waals surface area contributed by atoms with E-state index in [2.05, 4.69) is 37.9 Å². The van der Waals surface area contributed by atoms with E-state index in [1.54, 1.807) is 0 Å². The third-order valence-electron chi connectivity index (χ3n) is 6.15. The molecule has 2 aromatic carbocycles. The first-order valence-electron chi connectivity index (χ1n) is 11.6. The molecule has 0 aromatic heterocycles. The van der Waals surface area contributed by atoms with Crippen molar-refractivity contribution in [3.05, 3.63) is 59.7 Å². The molecule has 32 heavy (non-hydrogen) atoms. The highest BCUT2D eigenvalue weighted by atomic mass is 16.2. The van der Waals surface area contributed by atoms with Crippen LogP contribution < -0.4 is 10.2 Å². The van der Waals surface area contributed by atoms with Crippen LogP contribution in [0.3, 0.4) is 0 Å². The first-order valence-corrected chi connectivity index (χ1v) is 11.6. The number of benzene rings is 2. The predicted molar refractivity (Wildman–Crippen MR) is 134 cm³/mol. The van der Waals surface area contributed by atoms with Crippen LogP contribution in [0, 0.1) is 5.92 Å². The second kappa shape index (κ2) is 11.7. The summed E-state index contributed by atoms with van der Waals surface area (Å²) in [6.07, 6.45) is 1.17. The first-order chi connectivity index (χ1) is 15.2. The Morgan fingerprint density at radius 3 is 2.16 bits per heavy atom. The molecule has 2 rings (SSSR count). The third-order valence-corrected chi connectivity index (χ3v) is 6.15. The summed E-state index contributed by atoms with van der Waals surface area (Å²) in [6.45, 7) is 10.8. The second-order valence-electron chi connectivity index (χ2n) is 8.96. The Morgan fingerprint density at radius 2 is 1.62 bits per heavy atom. The second-order valence-corrected chi connectivity index (χ2v) is 8.96. The van der Waals surface area contributed by atoms with Crippen LogP contribution in [0.25, 0.3) is 0 Å². The minimum atomic E-state index is -0.178. The van der Waals surface area contributed by atoms with E-state index in [1.807, 2.05) is 74.4 Å². The molecular weight excluding hydrogens is 398 g/mol. The van der Waals surface area contributed by atoms with Crippen molar-refractivity contribution in [2.75, 3.05) is 24.3 Å². The van der Waals surface area contributed by atoms with Crippen LogP contribution in [0.15, 0.2) is 48.5 Å². The minimum absolute atomic E-state index is 0.0211. The minimum Gasteiger partial charge on any atom is -0.377 e. The maximum absolute atomic E-state index is 13.9. The summed E-state index contributed by atoms with van der Waals surface area (Å²) in [5.74, 6) is 0.265. The number of hydrogen-bond acceptors (Lipinski definition) is 3. The van der Waals surface area contributed by atoms with E-state index in [9.17, 15) is 9.59 Å². The summed E-state index contributed by atoms with van der Waals surface area (Å²) >= 11 is 0. The molecular formula is C27H39N3O2. The highest BCUT2D eigenvalue weighted by Crippen LogP contribution is 2.30. The van der Waals surface area contributed by atoms with Gasteiger partial charge >= 0.3 is 0 Å². The number of carbonyl (C=O) groups excluding carboxylic acids is 2. The predicted octanol–water partition coefficient (Wildman–Crippen LogP) is 5.67. The average molecular weight is 438 g/mol. The van der Waals surface area contributed by atoms with Crippen molar-refractivity contribution in [3.63, 3.8) is 0 Å². The Morgan fingerprint density at radius 1 is 0.969 bits per heavy atom. The maximum atomic E-state index is 13.9. The van der Waals surface area contributed by atoms with Crippen molar-refractivity contribution in [2.24, 2.45) is 5.92 Å². The van der Waals surface area contributed by atoms with E-state index in [0.29, 0.717) is 18.9 Å². The molecule has 0 saturated heterocycles. The monoisotopic (exact) mass is 437 g/mol. The highest BCUT2D eigenvalue weighted by molar-refractivity contribution is 5.91. The number of carbonyl (C=O) groups is 2. The number of nitrogens with zero attached hydrogens (tertiary/aromatic N) is 2. The Hall–Kier alpha value is -2.82. The van der Waals surface area contributed by atoms with Crippen LogP contribution >= 0.6 is 0 Å². The molecule has 0 saturated carbocycles. The molecule has 1 N–H and O–H groups in total. The lowest BCUT2D eigenvalue weighted by molar-refractivity contribution is -0.136. The summed E-state index contributed by atoms with van der Waals surface area (Å²) in [5.41, 5.74) is 3.88. The van der Waals surface area contributed by atoms with Gasteiger partial charge in [-0.3, -0.25) is 9.59 Å². The molecule has 0 bridgehead atoms. The van der Waals surface area contributed by atoms with Crippen LogP contribution in [0.4, 0.5) is 11.4 Å². The van der Waals surface area contributed by atoms with E-state index in [1.165, 1.54) is 0 Å². The summed E-state index contributed by atoms with van der Waals surface area (Å²) in [5, 5.41) is 2.95. The standard InChI is InChI=1S/C27H39N3O2/c1-8-24(21-13-11-10-12-14-21)27(32)30(20(5)19(3)4)18-22-17-23(28-26(31)9-2)15-16-25(22)29(6)7/h10-17,19-20,24H,8-9,18H2,1-7H3,(H,28,31)/t20-,24-/m1/s1. The molecule has 2 aromatic rings. The summed E-state index contributed by atoms with van der Waals surface area (Å²) in [4.78, 5) is 29.9. The van der Waals surface area contributed by atoms with Crippen molar-refractivity contribution in [1.82, 2.24) is 4.90 Å². The molecule has 0 aliphatic heterocycles. The van der Waals surface area contributed by atoms with Crippen LogP contribution in [0.5, 0.6) is 0 Å². The zero-order chi connectivity index (χ0) is 23.8. The van der Waals surface area contributed by atoms with Crippen molar-refractivity contribution >= 4 is 23.2 Å². The molecule has 5 nitrogen and oxygen atoms in total. The quantitative estimate of drug-likeness (QED) is 0.521. The summed E-state index contributed by atoms with van der Waals surface area (Å²) in [6, 6.07) is 16.0. The van der Waals surface area contributed by atoms with E-state index < -0.39 is 0 Å². The number of hydrogen-bond donors (Lipinski definition) is 1. The molecule has 0 heterocycles. The van der Waals surface area contributed by atoms with Crippen molar-refractivity contribution < 1.29 is 9.59 Å². The van der Waals surface area contributed by atoms with Crippen LogP contribution in [0.1, 0.15) is 64.5 Å². The zero-order valence-electron chi connectivity index (χ0n) is 20.7. The Balaban J connectivity index is 2.46. The zero-order valence-corrected chi connectivity index (χ0v) is 20.7. The van der Waals surface area contributed by atoms with E-state index in [0.717, 1.165) is 28.9 Å². The largest absolute Gasteiger partial charge is 0.377 e. The van der Waals surface area contributed by atoms with E-state index >= 15 is 0 Å². The number of amides is 2. The number of nitrogens with one attached hydrogen (secondary N) is 1. The molecule has 0 radical (unpaired) electrons. The van der Waals surface area contributed by atoms with Gasteiger partial charge in [0.05, 0.1) is 5.92 Å². The fourth-order valence-corrected chi connectivity index (χ4v) is 3.88. The topological polar surface area (TPSA) is 52.7 Å². The molecule has 5 heteroatoms. The maximum Gasteiger partial charge on any atom is 0.230 e. The fourth-order valence-electron chi connectivity index (χ4n) is 3.88. The first kappa shape index (κ1) is 25.4. The Labute approximate surface area is 193 Å². The SMILES string of the molecule is CCC(=O)Nc1ccc(N(C)C)c(CN(C(=O)[C@H](CC)c2ccccc2)[C@H](C)C(C)C)c1. The summed E-state index contributed by atoms with van der Waals surface area (Å²) in [7, 11) is 4.00. The van der Waals surface area contributed by atoms with Gasteiger partial charge in [-0.15, -0.1) is 0 Å². The molecule has 0 unspecified atom stereocenters. The highest BCUT2D eigenvalue weighted by Gasteiger charge is 2.30. The van der Waals surface area contributed by atoms with E-state index in [4.69, 9.17) is 0 Å². The van der Waals surface area contributed by atoms with E-state index in [-0.39, 0.29) is 23.8 Å². The van der Waals surface area contributed by atoms with Gasteiger partial charge in [0.2, 0.25) is 11.8 Å². The Bertz CT molecular complexity index is 893. The van der Waals surface area contributed by atoms with Crippen molar-refractivity contribution in [2.45, 2.75) is 66.0 Å². The molecule has 2 amide bonds. The smallest absolute Gasteiger partial charge is 0.230 e. The molecule has 0 fully saturated rings. The van der Waals surface area contributed by atoms with Gasteiger partial charge < -0.3 is 15.1 Å². The van der Waals surface area contributed by atoms with Gasteiger partial charge in [-0.05, 0) is 48.6 Å². The summed E-state index contributed by atoms with van der Waals surface area (Å²) < 4.78 is 0. The van der Waals surface area contributed by atoms with Crippen LogP contribution in [-0.4, -0.2) is 36.9 Å². The lowest BCUT2D eigenvalue weighted by Gasteiger charge is -2.36. The molecule has 0 aliphatic rings. The fraction of sp³-hybridized carbons (Fsp3) is 0.481. The van der Waals surface area contributed by atoms with Crippen LogP contribution in [0.2, 0.25) is 0 Å². The van der Waals surface area contributed by atoms with Gasteiger partial charge in [-0.1, -0.05) is 58.0 Å². The molecule has 0 spiro atoms. The van der Waals surface area contributed by atoms with Gasteiger partial charge in [-0.25, -0.2) is 0 Å². The lowest BCUT2D eigenvalue weighted by Crippen LogP contribution is -2.43. The number of rotatable bonds is 10. The lowest BCUT2D eigenvalue weighted by atomic mass is 9.92. The molecule has 0 aliphatic carbocycles. The molecule has 2 atom stereocenters. The normalized spacial score (nSPS) is 12.9. The van der Waals surface area contributed by atoms with Crippen LogP contribution in [-0.2, 0) is 16.1 Å². The van der Waals surface area contributed by atoms with Gasteiger partial charge in [0, 0.05) is 44.5 Å². The van der Waals surface area contributed by atoms with Gasteiger partial charge in [0.15, 0.2) is 0 Å². The van der Waals surface area contributed by atoms with Crippen molar-refractivity contribution in [1.29, 1.82) is 0 Å². The van der Waals surface area contributed by atoms with Gasteiger partial charge in [-0.2, -0.15) is 0 Å². The Kier molecular flexibility index (Phi) is 9.30. The van der Waals surface area contributed by atoms with Gasteiger partial charge in [0.1, 0.15) is 0 Å². The van der Waals surface area contributed by atoms with Gasteiger partial charge in [0.25, 0.3) is 0 Å². The molecule has 174 valence electrons.